The van der Waals surface area contributed by atoms with Gasteiger partial charge < -0.3 is 21.1 Å². The molecule has 4 N–H and O–H groups in total. The van der Waals surface area contributed by atoms with Crippen molar-refractivity contribution >= 4 is 23.2 Å². The van der Waals surface area contributed by atoms with Crippen molar-refractivity contribution in [2.24, 2.45) is 0 Å². The van der Waals surface area contributed by atoms with Crippen molar-refractivity contribution in [1.82, 2.24) is 10.2 Å². The van der Waals surface area contributed by atoms with E-state index in [2.05, 4.69) is 10.6 Å². The lowest BCUT2D eigenvalue weighted by Crippen LogP contribution is -2.38. The number of hydrogen-bond acceptors (Lipinski definition) is 5. The second-order valence-corrected chi connectivity index (χ2v) is 4.63. The van der Waals surface area contributed by atoms with Crippen LogP contribution < -0.4 is 21.1 Å². The molecule has 2 amide bonds. The third kappa shape index (κ3) is 5.70. The summed E-state index contributed by atoms with van der Waals surface area (Å²) in [7, 11) is 3.21. The number of likely N-dealkylation sites (N-methyl/N-ethyl adjacent to an activating group) is 2. The molecule has 116 valence electrons. The Hall–Kier alpha value is -2.28. The van der Waals surface area contributed by atoms with Gasteiger partial charge in [-0.2, -0.15) is 0 Å². The number of anilines is 2. The van der Waals surface area contributed by atoms with E-state index in [1.165, 1.54) is 7.11 Å². The highest BCUT2D eigenvalue weighted by atomic mass is 16.5. The van der Waals surface area contributed by atoms with Gasteiger partial charge in [0.05, 0.1) is 25.9 Å². The fourth-order valence-electron chi connectivity index (χ4n) is 1.80. The number of rotatable bonds is 7. The van der Waals surface area contributed by atoms with E-state index in [9.17, 15) is 9.59 Å². The van der Waals surface area contributed by atoms with Crippen molar-refractivity contribution in [1.29, 1.82) is 0 Å². The number of hydrogen-bond donors (Lipinski definition) is 3. The van der Waals surface area contributed by atoms with Gasteiger partial charge in [0.2, 0.25) is 11.8 Å². The molecule has 0 atom stereocenters. The van der Waals surface area contributed by atoms with Crippen LogP contribution in [0.15, 0.2) is 18.2 Å². The highest BCUT2D eigenvalue weighted by Gasteiger charge is 2.12. The van der Waals surface area contributed by atoms with E-state index in [1.54, 1.807) is 30.1 Å². The van der Waals surface area contributed by atoms with E-state index in [1.807, 2.05) is 6.92 Å². The Bertz CT molecular complexity index is 505. The standard InChI is InChI=1S/C14H22N4O3/c1-4-16-13(19)8-18(2)9-14(20)17-11-6-5-10(15)7-12(11)21-3/h5-7H,4,8-9,15H2,1-3H3,(H,16,19)(H,17,20). The first-order chi connectivity index (χ1) is 9.96. The molecule has 0 unspecified atom stereocenters. The van der Waals surface area contributed by atoms with Gasteiger partial charge in [-0.15, -0.1) is 0 Å². The molecule has 7 nitrogen and oxygen atoms in total. The van der Waals surface area contributed by atoms with E-state index in [0.717, 1.165) is 0 Å². The average molecular weight is 294 g/mol. The van der Waals surface area contributed by atoms with Crippen LogP contribution in [-0.4, -0.2) is 50.5 Å². The molecule has 0 fully saturated rings. The summed E-state index contributed by atoms with van der Waals surface area (Å²) < 4.78 is 5.16. The molecule has 0 bridgehead atoms. The third-order valence-electron chi connectivity index (χ3n) is 2.70. The summed E-state index contributed by atoms with van der Waals surface area (Å²) in [6.45, 7) is 2.68. The maximum absolute atomic E-state index is 11.9. The molecule has 21 heavy (non-hydrogen) atoms. The lowest BCUT2D eigenvalue weighted by Gasteiger charge is -2.16. The SMILES string of the molecule is CCNC(=O)CN(C)CC(=O)Nc1ccc(N)cc1OC. The molecular weight excluding hydrogens is 272 g/mol. The van der Waals surface area contributed by atoms with E-state index >= 15 is 0 Å². The zero-order valence-electron chi connectivity index (χ0n) is 12.6. The molecule has 0 saturated heterocycles. The minimum absolute atomic E-state index is 0.102. The van der Waals surface area contributed by atoms with Gasteiger partial charge in [0.1, 0.15) is 5.75 Å². The molecule has 1 aromatic carbocycles. The largest absolute Gasteiger partial charge is 0.494 e. The Kier molecular flexibility index (Phi) is 6.48. The number of nitrogen functional groups attached to an aromatic ring is 1. The second-order valence-electron chi connectivity index (χ2n) is 4.63. The minimum Gasteiger partial charge on any atom is -0.494 e. The summed E-state index contributed by atoms with van der Waals surface area (Å²) in [5.74, 6) is 0.150. The molecular formula is C14H22N4O3. The number of carbonyl (C=O) groups excluding carboxylic acids is 2. The zero-order chi connectivity index (χ0) is 15.8. The van der Waals surface area contributed by atoms with E-state index in [-0.39, 0.29) is 24.9 Å². The van der Waals surface area contributed by atoms with Gasteiger partial charge in [0.25, 0.3) is 0 Å². The summed E-state index contributed by atoms with van der Waals surface area (Å²) in [6, 6.07) is 4.99. The lowest BCUT2D eigenvalue weighted by molar-refractivity contribution is -0.122. The van der Waals surface area contributed by atoms with Crippen LogP contribution in [0.2, 0.25) is 0 Å². The second kappa shape index (κ2) is 8.11. The normalized spacial score (nSPS) is 10.3. The molecule has 0 heterocycles. The molecule has 0 aromatic heterocycles. The van der Waals surface area contributed by atoms with Crippen molar-refractivity contribution in [2.45, 2.75) is 6.92 Å². The fourth-order valence-corrected chi connectivity index (χ4v) is 1.80. The van der Waals surface area contributed by atoms with E-state index in [0.29, 0.717) is 23.7 Å². The fraction of sp³-hybridized carbons (Fsp3) is 0.429. The van der Waals surface area contributed by atoms with Crippen LogP contribution in [0.5, 0.6) is 5.75 Å². The van der Waals surface area contributed by atoms with Crippen molar-refractivity contribution in [3.05, 3.63) is 18.2 Å². The van der Waals surface area contributed by atoms with E-state index < -0.39 is 0 Å². The first-order valence-electron chi connectivity index (χ1n) is 6.64. The Labute approximate surface area is 124 Å². The number of nitrogens with two attached hydrogens (primary N) is 1. The molecule has 7 heteroatoms. The van der Waals surface area contributed by atoms with Gasteiger partial charge in [-0.05, 0) is 26.1 Å². The number of carbonyl (C=O) groups is 2. The average Bonchev–Trinajstić information content (AvgIpc) is 2.40. The summed E-state index contributed by atoms with van der Waals surface area (Å²) in [5, 5.41) is 5.41. The van der Waals surface area contributed by atoms with Gasteiger partial charge in [-0.1, -0.05) is 0 Å². The highest BCUT2D eigenvalue weighted by Crippen LogP contribution is 2.26. The number of methoxy groups -OCH3 is 1. The van der Waals surface area contributed by atoms with Crippen molar-refractivity contribution < 1.29 is 14.3 Å². The first kappa shape index (κ1) is 16.8. The third-order valence-corrected chi connectivity index (χ3v) is 2.70. The molecule has 0 radical (unpaired) electrons. The lowest BCUT2D eigenvalue weighted by atomic mass is 10.2. The molecule has 0 aliphatic carbocycles. The van der Waals surface area contributed by atoms with Crippen molar-refractivity contribution in [2.75, 3.05) is 44.8 Å². The molecule has 0 spiro atoms. The maximum atomic E-state index is 11.9. The topological polar surface area (TPSA) is 96.7 Å². The van der Waals surface area contributed by atoms with Crippen LogP contribution >= 0.6 is 0 Å². The first-order valence-corrected chi connectivity index (χ1v) is 6.64. The molecule has 0 saturated carbocycles. The van der Waals surface area contributed by atoms with Gasteiger partial charge in [0.15, 0.2) is 0 Å². The summed E-state index contributed by atoms with van der Waals surface area (Å²) in [5.41, 5.74) is 6.75. The Balaban J connectivity index is 2.55. The molecule has 1 aromatic rings. The zero-order valence-corrected chi connectivity index (χ0v) is 12.6. The molecule has 0 aliphatic heterocycles. The predicted molar refractivity (Wildman–Crippen MR) is 82.2 cm³/mol. The highest BCUT2D eigenvalue weighted by molar-refractivity contribution is 5.94. The number of ether oxygens (including phenoxy) is 1. The number of nitrogens with one attached hydrogen (secondary N) is 2. The van der Waals surface area contributed by atoms with Crippen molar-refractivity contribution in [3.63, 3.8) is 0 Å². The van der Waals surface area contributed by atoms with Crippen molar-refractivity contribution in [3.8, 4) is 5.75 Å². The van der Waals surface area contributed by atoms with Crippen LogP contribution in [0.3, 0.4) is 0 Å². The van der Waals surface area contributed by atoms with Gasteiger partial charge in [0, 0.05) is 18.3 Å². The van der Waals surface area contributed by atoms with Crippen LogP contribution in [-0.2, 0) is 9.59 Å². The van der Waals surface area contributed by atoms with Crippen LogP contribution in [0.4, 0.5) is 11.4 Å². The van der Waals surface area contributed by atoms with Gasteiger partial charge in [-0.25, -0.2) is 0 Å². The summed E-state index contributed by atoms with van der Waals surface area (Å²) in [4.78, 5) is 25.0. The number of benzene rings is 1. The van der Waals surface area contributed by atoms with Crippen LogP contribution in [0.1, 0.15) is 6.92 Å². The van der Waals surface area contributed by atoms with E-state index in [4.69, 9.17) is 10.5 Å². The quantitative estimate of drug-likeness (QED) is 0.628. The number of amides is 2. The Morgan fingerprint density at radius 1 is 1.29 bits per heavy atom. The molecule has 0 aliphatic rings. The maximum Gasteiger partial charge on any atom is 0.238 e. The summed E-state index contributed by atoms with van der Waals surface area (Å²) >= 11 is 0. The summed E-state index contributed by atoms with van der Waals surface area (Å²) in [6.07, 6.45) is 0. The van der Waals surface area contributed by atoms with Gasteiger partial charge in [-0.3, -0.25) is 14.5 Å². The van der Waals surface area contributed by atoms with Crippen LogP contribution in [0.25, 0.3) is 0 Å². The monoisotopic (exact) mass is 294 g/mol. The smallest absolute Gasteiger partial charge is 0.238 e. The van der Waals surface area contributed by atoms with Gasteiger partial charge >= 0.3 is 0 Å². The minimum atomic E-state index is -0.232. The van der Waals surface area contributed by atoms with Crippen LogP contribution in [0, 0.1) is 0 Å². The Morgan fingerprint density at radius 3 is 2.57 bits per heavy atom. The Morgan fingerprint density at radius 2 is 1.95 bits per heavy atom. The molecule has 1 rings (SSSR count). The predicted octanol–water partition coefficient (Wildman–Crippen LogP) is 0.284. The number of nitrogens with zero attached hydrogens (tertiary/aromatic N) is 1.